The summed E-state index contributed by atoms with van der Waals surface area (Å²) in [4.78, 5) is 23.1. The molecule has 20 heavy (non-hydrogen) atoms. The molecule has 1 aromatic carbocycles. The Labute approximate surface area is 114 Å². The molecule has 7 heteroatoms. The summed E-state index contributed by atoms with van der Waals surface area (Å²) in [5, 5.41) is 19.4. The van der Waals surface area contributed by atoms with Crippen molar-refractivity contribution in [2.45, 2.75) is 18.9 Å². The zero-order valence-corrected chi connectivity index (χ0v) is 10.7. The third kappa shape index (κ3) is 2.12. The number of carbonyl (C=O) groups excluding carboxylic acids is 1. The second-order valence-electron chi connectivity index (χ2n) is 4.72. The molecule has 2 aromatic rings. The van der Waals surface area contributed by atoms with E-state index in [9.17, 15) is 9.59 Å². The van der Waals surface area contributed by atoms with Crippen molar-refractivity contribution >= 4 is 28.6 Å². The number of aromatic nitrogens is 2. The Hall–Kier alpha value is -2.41. The number of carboxylic acid groups (broad SMARTS) is 1. The van der Waals surface area contributed by atoms with Gasteiger partial charge in [0.25, 0.3) is 0 Å². The molecule has 0 unspecified atom stereocenters. The molecule has 0 bridgehead atoms. The number of carbonyl (C=O) groups is 2. The Morgan fingerprint density at radius 1 is 1.45 bits per heavy atom. The smallest absolute Gasteiger partial charge is 0.432 e. The number of rotatable bonds is 2. The van der Waals surface area contributed by atoms with E-state index in [1.54, 1.807) is 18.2 Å². The average molecular weight is 274 g/mol. The molecule has 0 aliphatic carbocycles. The van der Waals surface area contributed by atoms with Crippen LogP contribution in [0.3, 0.4) is 0 Å². The van der Waals surface area contributed by atoms with Crippen molar-refractivity contribution in [3.05, 3.63) is 24.4 Å². The molecular formula is C13H14N4O3. The van der Waals surface area contributed by atoms with Crippen LogP contribution in [0.15, 0.2) is 24.4 Å². The van der Waals surface area contributed by atoms with E-state index in [0.29, 0.717) is 16.6 Å². The number of nitrogens with one attached hydrogen (secondary N) is 2. The van der Waals surface area contributed by atoms with Crippen LogP contribution in [-0.2, 0) is 4.79 Å². The fourth-order valence-corrected chi connectivity index (χ4v) is 2.44. The first kappa shape index (κ1) is 12.6. The molecule has 7 nitrogen and oxygen atoms in total. The molecule has 1 aromatic heterocycles. The molecule has 0 saturated carbocycles. The summed E-state index contributed by atoms with van der Waals surface area (Å²) in [6.45, 7) is 0.846. The zero-order chi connectivity index (χ0) is 14.1. The van der Waals surface area contributed by atoms with E-state index in [4.69, 9.17) is 5.11 Å². The lowest BCUT2D eigenvalue weighted by molar-refractivity contribution is -0.117. The number of benzene rings is 1. The normalized spacial score (nSPS) is 18.3. The highest BCUT2D eigenvalue weighted by atomic mass is 16.4. The van der Waals surface area contributed by atoms with Gasteiger partial charge in [-0.1, -0.05) is 6.07 Å². The average Bonchev–Trinajstić information content (AvgIpc) is 3.08. The van der Waals surface area contributed by atoms with Crippen molar-refractivity contribution in [3.8, 4) is 0 Å². The van der Waals surface area contributed by atoms with Gasteiger partial charge in [0.15, 0.2) is 0 Å². The van der Waals surface area contributed by atoms with Crippen molar-refractivity contribution in [2.24, 2.45) is 0 Å². The number of amides is 1. The highest BCUT2D eigenvalue weighted by molar-refractivity contribution is 6.04. The second-order valence-corrected chi connectivity index (χ2v) is 4.72. The number of anilines is 1. The third-order valence-electron chi connectivity index (χ3n) is 3.43. The maximum atomic E-state index is 12.1. The van der Waals surface area contributed by atoms with Crippen LogP contribution < -0.4 is 10.6 Å². The van der Waals surface area contributed by atoms with E-state index in [2.05, 4.69) is 15.7 Å². The number of hydrogen-bond donors (Lipinski definition) is 3. The van der Waals surface area contributed by atoms with Crippen molar-refractivity contribution in [2.75, 3.05) is 11.9 Å². The van der Waals surface area contributed by atoms with Crippen LogP contribution in [0, 0.1) is 0 Å². The lowest BCUT2D eigenvalue weighted by Crippen LogP contribution is -2.35. The van der Waals surface area contributed by atoms with Crippen molar-refractivity contribution in [1.82, 2.24) is 15.1 Å². The van der Waals surface area contributed by atoms with Gasteiger partial charge in [0.05, 0.1) is 23.4 Å². The Morgan fingerprint density at radius 2 is 2.30 bits per heavy atom. The minimum Gasteiger partial charge on any atom is -0.463 e. The summed E-state index contributed by atoms with van der Waals surface area (Å²) in [7, 11) is 0. The summed E-state index contributed by atoms with van der Waals surface area (Å²) in [6.07, 6.45) is 2.09. The molecular weight excluding hydrogens is 260 g/mol. The zero-order valence-electron chi connectivity index (χ0n) is 10.7. The van der Waals surface area contributed by atoms with Crippen LogP contribution in [0.1, 0.15) is 12.8 Å². The SMILES string of the molecule is O=C(Nc1cccc2c1cnn2C(=O)O)[C@H]1CCCN1. The van der Waals surface area contributed by atoms with Crippen molar-refractivity contribution in [3.63, 3.8) is 0 Å². The first-order valence-electron chi connectivity index (χ1n) is 6.41. The molecule has 104 valence electrons. The van der Waals surface area contributed by atoms with Gasteiger partial charge in [-0.25, -0.2) is 4.79 Å². The molecule has 3 N–H and O–H groups in total. The number of fused-ring (bicyclic) bond motifs is 1. The van der Waals surface area contributed by atoms with E-state index in [1.165, 1.54) is 6.20 Å². The first-order chi connectivity index (χ1) is 9.66. The molecule has 0 radical (unpaired) electrons. The summed E-state index contributed by atoms with van der Waals surface area (Å²) in [6, 6.07) is 4.91. The number of nitrogens with zero attached hydrogens (tertiary/aromatic N) is 2. The standard InChI is InChI=1S/C13H14N4O3/c18-12(10-4-2-6-14-10)16-9-3-1-5-11-8(9)7-15-17(11)13(19)20/h1,3,5,7,10,14H,2,4,6H2,(H,16,18)(H,19,20)/t10-/m1/s1. The minimum atomic E-state index is -1.15. The van der Waals surface area contributed by atoms with Crippen LogP contribution in [0.2, 0.25) is 0 Å². The van der Waals surface area contributed by atoms with Crippen LogP contribution >= 0.6 is 0 Å². The molecule has 1 fully saturated rings. The Kier molecular flexibility index (Phi) is 3.11. The predicted octanol–water partition coefficient (Wildman–Crippen LogP) is 1.25. The Bertz CT molecular complexity index is 673. The van der Waals surface area contributed by atoms with Gasteiger partial charge in [-0.15, -0.1) is 0 Å². The van der Waals surface area contributed by atoms with Gasteiger partial charge in [0, 0.05) is 5.39 Å². The van der Waals surface area contributed by atoms with Gasteiger partial charge in [-0.05, 0) is 31.5 Å². The molecule has 3 rings (SSSR count). The lowest BCUT2D eigenvalue weighted by Gasteiger charge is -2.11. The van der Waals surface area contributed by atoms with E-state index in [0.717, 1.165) is 24.1 Å². The first-order valence-corrected chi connectivity index (χ1v) is 6.41. The van der Waals surface area contributed by atoms with E-state index in [-0.39, 0.29) is 11.9 Å². The molecule has 2 heterocycles. The molecule has 1 saturated heterocycles. The largest absolute Gasteiger partial charge is 0.463 e. The fraction of sp³-hybridized carbons (Fsp3) is 0.308. The maximum Gasteiger partial charge on any atom is 0.432 e. The van der Waals surface area contributed by atoms with Crippen molar-refractivity contribution in [1.29, 1.82) is 0 Å². The monoisotopic (exact) mass is 274 g/mol. The lowest BCUT2D eigenvalue weighted by atomic mass is 10.2. The van der Waals surface area contributed by atoms with Crippen molar-refractivity contribution < 1.29 is 14.7 Å². The quantitative estimate of drug-likeness (QED) is 0.766. The molecule has 1 atom stereocenters. The van der Waals surface area contributed by atoms with Crippen LogP contribution in [0.5, 0.6) is 0 Å². The van der Waals surface area contributed by atoms with Gasteiger partial charge in [-0.3, -0.25) is 4.79 Å². The Morgan fingerprint density at radius 3 is 3.00 bits per heavy atom. The van der Waals surface area contributed by atoms with E-state index < -0.39 is 6.09 Å². The van der Waals surface area contributed by atoms with E-state index >= 15 is 0 Å². The topological polar surface area (TPSA) is 96.2 Å². The molecule has 1 aliphatic rings. The Balaban J connectivity index is 1.91. The summed E-state index contributed by atoms with van der Waals surface area (Å²) in [5.74, 6) is -0.0990. The van der Waals surface area contributed by atoms with Crippen LogP contribution in [-0.4, -0.2) is 39.5 Å². The van der Waals surface area contributed by atoms with Crippen LogP contribution in [0.25, 0.3) is 10.9 Å². The van der Waals surface area contributed by atoms with Gasteiger partial charge in [0.1, 0.15) is 0 Å². The van der Waals surface area contributed by atoms with Gasteiger partial charge in [-0.2, -0.15) is 9.78 Å². The van der Waals surface area contributed by atoms with E-state index in [1.807, 2.05) is 0 Å². The third-order valence-corrected chi connectivity index (χ3v) is 3.43. The molecule has 0 spiro atoms. The maximum absolute atomic E-state index is 12.1. The van der Waals surface area contributed by atoms with Gasteiger partial charge < -0.3 is 15.7 Å². The van der Waals surface area contributed by atoms with Gasteiger partial charge in [0.2, 0.25) is 5.91 Å². The number of hydrogen-bond acceptors (Lipinski definition) is 4. The van der Waals surface area contributed by atoms with Gasteiger partial charge >= 0.3 is 6.09 Å². The predicted molar refractivity (Wildman–Crippen MR) is 72.8 cm³/mol. The summed E-state index contributed by atoms with van der Waals surface area (Å²) in [5.41, 5.74) is 1.03. The summed E-state index contributed by atoms with van der Waals surface area (Å²) >= 11 is 0. The second kappa shape index (κ2) is 4.93. The fourth-order valence-electron chi connectivity index (χ4n) is 2.44. The minimum absolute atomic E-state index is 0.0990. The highest BCUT2D eigenvalue weighted by Crippen LogP contribution is 2.23. The molecule has 1 aliphatic heterocycles. The highest BCUT2D eigenvalue weighted by Gasteiger charge is 2.22. The molecule has 1 amide bonds. The van der Waals surface area contributed by atoms with Crippen LogP contribution in [0.4, 0.5) is 10.5 Å². The summed E-state index contributed by atoms with van der Waals surface area (Å²) < 4.78 is 0.888.